The molecule has 21 heavy (non-hydrogen) atoms. The Morgan fingerprint density at radius 2 is 2.14 bits per heavy atom. The van der Waals surface area contributed by atoms with Gasteiger partial charge in [0, 0.05) is 6.08 Å². The summed E-state index contributed by atoms with van der Waals surface area (Å²) < 4.78 is 7.39. The molecule has 0 aliphatic carbocycles. The molecule has 1 heterocycles. The molecule has 5 nitrogen and oxygen atoms in total. The number of carbonyl (C=O) groups is 1. The smallest absolute Gasteiger partial charge is 0.328 e. The van der Waals surface area contributed by atoms with Gasteiger partial charge in [0.1, 0.15) is 12.4 Å². The number of aliphatic carboxylic acids is 1. The van der Waals surface area contributed by atoms with Gasteiger partial charge in [-0.3, -0.25) is 4.68 Å². The van der Waals surface area contributed by atoms with E-state index >= 15 is 0 Å². The molecule has 0 aliphatic rings. The van der Waals surface area contributed by atoms with Crippen molar-refractivity contribution in [3.63, 3.8) is 0 Å². The van der Waals surface area contributed by atoms with Crippen LogP contribution in [-0.4, -0.2) is 27.5 Å². The van der Waals surface area contributed by atoms with Crippen molar-refractivity contribution in [1.82, 2.24) is 9.78 Å². The first-order valence-corrected chi connectivity index (χ1v) is 6.76. The summed E-state index contributed by atoms with van der Waals surface area (Å²) in [5.41, 5.74) is 1.72. The van der Waals surface area contributed by atoms with Crippen molar-refractivity contribution in [2.45, 2.75) is 13.5 Å². The SMILES string of the molecule is Cc1c(Cl)cnn1CCOc1ccc(C=CC(=O)O)cc1. The average molecular weight is 307 g/mol. The molecule has 110 valence electrons. The van der Waals surface area contributed by atoms with Gasteiger partial charge < -0.3 is 9.84 Å². The molecule has 0 atom stereocenters. The Balaban J connectivity index is 1.86. The highest BCUT2D eigenvalue weighted by atomic mass is 35.5. The van der Waals surface area contributed by atoms with Crippen molar-refractivity contribution in [3.8, 4) is 5.75 Å². The van der Waals surface area contributed by atoms with Crippen LogP contribution < -0.4 is 4.74 Å². The van der Waals surface area contributed by atoms with Crippen LogP contribution in [0.3, 0.4) is 0 Å². The predicted molar refractivity (Wildman–Crippen MR) is 80.6 cm³/mol. The molecule has 0 saturated heterocycles. The van der Waals surface area contributed by atoms with Gasteiger partial charge in [-0.05, 0) is 30.7 Å². The molecule has 1 N–H and O–H groups in total. The quantitative estimate of drug-likeness (QED) is 0.833. The zero-order valence-electron chi connectivity index (χ0n) is 11.5. The molecule has 1 aromatic carbocycles. The third-order valence-corrected chi connectivity index (χ3v) is 3.28. The van der Waals surface area contributed by atoms with Gasteiger partial charge in [-0.25, -0.2) is 4.79 Å². The normalized spacial score (nSPS) is 11.0. The second-order valence-corrected chi connectivity index (χ2v) is 4.80. The fraction of sp³-hybridized carbons (Fsp3) is 0.200. The van der Waals surface area contributed by atoms with Crippen LogP contribution in [0.5, 0.6) is 5.75 Å². The molecule has 2 rings (SSSR count). The molecule has 0 amide bonds. The maximum absolute atomic E-state index is 10.4. The fourth-order valence-electron chi connectivity index (χ4n) is 1.74. The van der Waals surface area contributed by atoms with Crippen LogP contribution in [0, 0.1) is 6.92 Å². The van der Waals surface area contributed by atoms with Crippen molar-refractivity contribution < 1.29 is 14.6 Å². The number of rotatable bonds is 6. The van der Waals surface area contributed by atoms with E-state index in [4.69, 9.17) is 21.4 Å². The summed E-state index contributed by atoms with van der Waals surface area (Å²) in [7, 11) is 0. The summed E-state index contributed by atoms with van der Waals surface area (Å²) in [5, 5.41) is 13.3. The standard InChI is InChI=1S/C15H15ClN2O3/c1-11-14(16)10-17-18(11)8-9-21-13-5-2-12(3-6-13)4-7-15(19)20/h2-7,10H,8-9H2,1H3,(H,19,20). The zero-order valence-corrected chi connectivity index (χ0v) is 12.2. The fourth-order valence-corrected chi connectivity index (χ4v) is 1.88. The van der Waals surface area contributed by atoms with E-state index in [0.717, 1.165) is 23.1 Å². The van der Waals surface area contributed by atoms with Gasteiger partial charge in [0.15, 0.2) is 0 Å². The molecule has 1 aromatic heterocycles. The molecule has 0 aliphatic heterocycles. The van der Waals surface area contributed by atoms with Crippen LogP contribution in [0.2, 0.25) is 5.02 Å². The van der Waals surface area contributed by atoms with Gasteiger partial charge in [0.2, 0.25) is 0 Å². The number of hydrogen-bond donors (Lipinski definition) is 1. The van der Waals surface area contributed by atoms with Crippen molar-refractivity contribution in [2.75, 3.05) is 6.61 Å². The lowest BCUT2D eigenvalue weighted by Gasteiger charge is -2.08. The zero-order chi connectivity index (χ0) is 15.2. The van der Waals surface area contributed by atoms with Crippen LogP contribution in [0.1, 0.15) is 11.3 Å². The number of ether oxygens (including phenoxy) is 1. The molecule has 0 radical (unpaired) electrons. The van der Waals surface area contributed by atoms with E-state index in [-0.39, 0.29) is 0 Å². The number of carboxylic acid groups (broad SMARTS) is 1. The van der Waals surface area contributed by atoms with Crippen molar-refractivity contribution >= 4 is 23.6 Å². The Bertz CT molecular complexity index is 647. The van der Waals surface area contributed by atoms with Crippen LogP contribution in [0.4, 0.5) is 0 Å². The lowest BCUT2D eigenvalue weighted by molar-refractivity contribution is -0.131. The highest BCUT2D eigenvalue weighted by Gasteiger charge is 2.03. The highest BCUT2D eigenvalue weighted by molar-refractivity contribution is 6.31. The molecule has 0 spiro atoms. The van der Waals surface area contributed by atoms with Gasteiger partial charge in [-0.1, -0.05) is 23.7 Å². The maximum atomic E-state index is 10.4. The summed E-state index contributed by atoms with van der Waals surface area (Å²) >= 11 is 5.92. The van der Waals surface area contributed by atoms with Gasteiger partial charge in [-0.2, -0.15) is 5.10 Å². The van der Waals surface area contributed by atoms with Crippen LogP contribution in [-0.2, 0) is 11.3 Å². The first-order chi connectivity index (χ1) is 10.1. The van der Waals surface area contributed by atoms with E-state index in [2.05, 4.69) is 5.10 Å². The number of benzene rings is 1. The Morgan fingerprint density at radius 1 is 1.43 bits per heavy atom. The van der Waals surface area contributed by atoms with E-state index in [1.54, 1.807) is 35.1 Å². The molecule has 0 bridgehead atoms. The lowest BCUT2D eigenvalue weighted by Crippen LogP contribution is -2.10. The predicted octanol–water partition coefficient (Wildman–Crippen LogP) is 3.02. The number of nitrogens with zero attached hydrogens (tertiary/aromatic N) is 2. The Morgan fingerprint density at radius 3 is 2.71 bits per heavy atom. The minimum Gasteiger partial charge on any atom is -0.492 e. The Hall–Kier alpha value is -2.27. The molecule has 6 heteroatoms. The monoisotopic (exact) mass is 306 g/mol. The molecule has 0 saturated carbocycles. The average Bonchev–Trinajstić information content (AvgIpc) is 2.78. The third kappa shape index (κ3) is 4.36. The number of halogens is 1. The molecule has 0 fully saturated rings. The highest BCUT2D eigenvalue weighted by Crippen LogP contribution is 2.15. The topological polar surface area (TPSA) is 64.4 Å². The van der Waals surface area contributed by atoms with Crippen LogP contribution in [0.25, 0.3) is 6.08 Å². The lowest BCUT2D eigenvalue weighted by atomic mass is 10.2. The largest absolute Gasteiger partial charge is 0.492 e. The molecular weight excluding hydrogens is 292 g/mol. The number of aromatic nitrogens is 2. The van der Waals surface area contributed by atoms with E-state index in [1.807, 2.05) is 6.92 Å². The first-order valence-electron chi connectivity index (χ1n) is 6.38. The summed E-state index contributed by atoms with van der Waals surface area (Å²) in [6.07, 6.45) is 4.24. The van der Waals surface area contributed by atoms with E-state index in [0.29, 0.717) is 18.2 Å². The third-order valence-electron chi connectivity index (χ3n) is 2.91. The van der Waals surface area contributed by atoms with Crippen molar-refractivity contribution in [1.29, 1.82) is 0 Å². The molecular formula is C15H15ClN2O3. The summed E-state index contributed by atoms with van der Waals surface area (Å²) in [6, 6.07) is 7.19. The van der Waals surface area contributed by atoms with E-state index in [9.17, 15) is 4.79 Å². The molecule has 2 aromatic rings. The summed E-state index contributed by atoms with van der Waals surface area (Å²) in [4.78, 5) is 10.4. The number of carboxylic acids is 1. The minimum absolute atomic E-state index is 0.475. The summed E-state index contributed by atoms with van der Waals surface area (Å²) in [5.74, 6) is -0.248. The second-order valence-electron chi connectivity index (χ2n) is 4.39. The Labute approximate surface area is 127 Å². The van der Waals surface area contributed by atoms with Crippen molar-refractivity contribution in [2.24, 2.45) is 0 Å². The van der Waals surface area contributed by atoms with Gasteiger partial charge >= 0.3 is 5.97 Å². The van der Waals surface area contributed by atoms with E-state index in [1.165, 1.54) is 6.08 Å². The van der Waals surface area contributed by atoms with Gasteiger partial charge in [0.05, 0.1) is 23.5 Å². The van der Waals surface area contributed by atoms with Gasteiger partial charge in [-0.15, -0.1) is 0 Å². The summed E-state index contributed by atoms with van der Waals surface area (Å²) in [6.45, 7) is 2.99. The maximum Gasteiger partial charge on any atom is 0.328 e. The van der Waals surface area contributed by atoms with Crippen LogP contribution >= 0.6 is 11.6 Å². The van der Waals surface area contributed by atoms with Crippen molar-refractivity contribution in [3.05, 3.63) is 52.8 Å². The first kappa shape index (κ1) is 15.1. The second kappa shape index (κ2) is 6.95. The Kier molecular flexibility index (Phi) is 5.00. The van der Waals surface area contributed by atoms with Crippen LogP contribution in [0.15, 0.2) is 36.5 Å². The number of hydrogen-bond acceptors (Lipinski definition) is 3. The van der Waals surface area contributed by atoms with E-state index < -0.39 is 5.97 Å². The minimum atomic E-state index is -0.969. The van der Waals surface area contributed by atoms with Gasteiger partial charge in [0.25, 0.3) is 0 Å². The molecule has 0 unspecified atom stereocenters.